The summed E-state index contributed by atoms with van der Waals surface area (Å²) in [5, 5.41) is 6.54. The highest BCUT2D eigenvalue weighted by Gasteiger charge is 2.33. The largest absolute Gasteiger partial charge is 0.369 e. The number of amides is 2. The maximum atomic E-state index is 12.3. The third-order valence-electron chi connectivity index (χ3n) is 5.33. The fourth-order valence-electron chi connectivity index (χ4n) is 3.85. The Kier molecular flexibility index (Phi) is 5.62. The molecule has 0 aromatic rings. The van der Waals surface area contributed by atoms with E-state index in [0.717, 1.165) is 38.5 Å². The second kappa shape index (κ2) is 7.25. The second-order valence-corrected chi connectivity index (χ2v) is 6.79. The number of rotatable bonds is 5. The Hall–Kier alpha value is -1.10. The summed E-state index contributed by atoms with van der Waals surface area (Å²) in [6, 6.07) is 0.214. The van der Waals surface area contributed by atoms with Crippen LogP contribution < -0.4 is 16.4 Å². The molecule has 0 saturated heterocycles. The van der Waals surface area contributed by atoms with Gasteiger partial charge in [-0.25, -0.2) is 0 Å². The summed E-state index contributed by atoms with van der Waals surface area (Å²) in [7, 11) is 1.97. The van der Waals surface area contributed by atoms with Gasteiger partial charge in [-0.05, 0) is 45.6 Å². The van der Waals surface area contributed by atoms with Gasteiger partial charge in [0.15, 0.2) is 0 Å². The average molecular weight is 295 g/mol. The van der Waals surface area contributed by atoms with Crippen molar-refractivity contribution in [3.63, 3.8) is 0 Å². The molecule has 5 heteroatoms. The standard InChI is InChI=1S/C16H29N3O2/c1-18-16(9-3-2-4-10-16)11-14(20)19-13-7-5-12(6-8-13)15(17)21/h12-13,18H,2-11H2,1H3,(H2,17,21)(H,19,20). The molecule has 2 fully saturated rings. The van der Waals surface area contributed by atoms with E-state index in [4.69, 9.17) is 5.73 Å². The summed E-state index contributed by atoms with van der Waals surface area (Å²) < 4.78 is 0. The molecule has 0 heterocycles. The lowest BCUT2D eigenvalue weighted by Gasteiger charge is -2.37. The average Bonchev–Trinajstić information content (AvgIpc) is 2.48. The van der Waals surface area contributed by atoms with E-state index in [0.29, 0.717) is 6.42 Å². The van der Waals surface area contributed by atoms with Gasteiger partial charge in [0, 0.05) is 23.9 Å². The molecule has 0 bridgehead atoms. The van der Waals surface area contributed by atoms with Gasteiger partial charge in [0.25, 0.3) is 0 Å². The van der Waals surface area contributed by atoms with Gasteiger partial charge in [-0.1, -0.05) is 19.3 Å². The number of carbonyl (C=O) groups is 2. The summed E-state index contributed by atoms with van der Waals surface area (Å²) in [5.41, 5.74) is 5.33. The van der Waals surface area contributed by atoms with Gasteiger partial charge in [0.2, 0.25) is 11.8 Å². The van der Waals surface area contributed by atoms with Crippen LogP contribution in [0.3, 0.4) is 0 Å². The molecule has 4 N–H and O–H groups in total. The second-order valence-electron chi connectivity index (χ2n) is 6.79. The van der Waals surface area contributed by atoms with Crippen LogP contribution in [0.2, 0.25) is 0 Å². The van der Waals surface area contributed by atoms with Crippen molar-refractivity contribution in [1.82, 2.24) is 10.6 Å². The monoisotopic (exact) mass is 295 g/mol. The number of hydrogen-bond acceptors (Lipinski definition) is 3. The first-order valence-corrected chi connectivity index (χ1v) is 8.32. The Labute approximate surface area is 127 Å². The van der Waals surface area contributed by atoms with Crippen LogP contribution in [0.4, 0.5) is 0 Å². The minimum absolute atomic E-state index is 0.000136. The zero-order chi connectivity index (χ0) is 15.3. The molecule has 2 saturated carbocycles. The highest BCUT2D eigenvalue weighted by atomic mass is 16.2. The maximum absolute atomic E-state index is 12.3. The van der Waals surface area contributed by atoms with Gasteiger partial charge >= 0.3 is 0 Å². The molecular weight excluding hydrogens is 266 g/mol. The molecule has 5 nitrogen and oxygen atoms in total. The third-order valence-corrected chi connectivity index (χ3v) is 5.33. The van der Waals surface area contributed by atoms with Gasteiger partial charge in [0.1, 0.15) is 0 Å². The molecule has 0 atom stereocenters. The highest BCUT2D eigenvalue weighted by Crippen LogP contribution is 2.31. The minimum atomic E-state index is -0.198. The molecule has 120 valence electrons. The van der Waals surface area contributed by atoms with Crippen molar-refractivity contribution >= 4 is 11.8 Å². The first-order valence-electron chi connectivity index (χ1n) is 8.32. The first-order chi connectivity index (χ1) is 10.0. The molecule has 0 aliphatic heterocycles. The third kappa shape index (κ3) is 4.43. The topological polar surface area (TPSA) is 84.2 Å². The van der Waals surface area contributed by atoms with Gasteiger partial charge in [-0.2, -0.15) is 0 Å². The molecule has 21 heavy (non-hydrogen) atoms. The lowest BCUT2D eigenvalue weighted by Crippen LogP contribution is -2.50. The fourth-order valence-corrected chi connectivity index (χ4v) is 3.85. The number of primary amides is 1. The molecule has 2 rings (SSSR count). The minimum Gasteiger partial charge on any atom is -0.369 e. The van der Waals surface area contributed by atoms with Crippen molar-refractivity contribution < 1.29 is 9.59 Å². The van der Waals surface area contributed by atoms with Crippen LogP contribution in [-0.2, 0) is 9.59 Å². The van der Waals surface area contributed by atoms with Crippen molar-refractivity contribution in [1.29, 1.82) is 0 Å². The normalized spacial score (nSPS) is 28.8. The van der Waals surface area contributed by atoms with E-state index in [9.17, 15) is 9.59 Å². The van der Waals surface area contributed by atoms with Crippen molar-refractivity contribution in [3.05, 3.63) is 0 Å². The van der Waals surface area contributed by atoms with Gasteiger partial charge in [-0.3, -0.25) is 9.59 Å². The van der Waals surface area contributed by atoms with Gasteiger partial charge < -0.3 is 16.4 Å². The molecule has 0 aromatic heterocycles. The van der Waals surface area contributed by atoms with Crippen molar-refractivity contribution in [2.45, 2.75) is 75.8 Å². The smallest absolute Gasteiger partial charge is 0.222 e. The molecule has 2 aliphatic carbocycles. The van der Waals surface area contributed by atoms with E-state index < -0.39 is 0 Å². The number of nitrogens with two attached hydrogens (primary N) is 1. The molecule has 2 amide bonds. The van der Waals surface area contributed by atoms with Crippen molar-refractivity contribution in [3.8, 4) is 0 Å². The maximum Gasteiger partial charge on any atom is 0.222 e. The van der Waals surface area contributed by atoms with E-state index in [2.05, 4.69) is 10.6 Å². The van der Waals surface area contributed by atoms with Gasteiger partial charge in [0.05, 0.1) is 0 Å². The highest BCUT2D eigenvalue weighted by molar-refractivity contribution is 5.78. The molecule has 0 aromatic carbocycles. The Morgan fingerprint density at radius 1 is 1.10 bits per heavy atom. The number of nitrogens with one attached hydrogen (secondary N) is 2. The summed E-state index contributed by atoms with van der Waals surface area (Å²) in [5.74, 6) is -0.0509. The van der Waals surface area contributed by atoms with E-state index in [1.807, 2.05) is 7.05 Å². The lowest BCUT2D eigenvalue weighted by molar-refractivity contribution is -0.124. The molecule has 0 unspecified atom stereocenters. The van der Waals surface area contributed by atoms with Crippen LogP contribution in [-0.4, -0.2) is 30.4 Å². The van der Waals surface area contributed by atoms with Crippen LogP contribution >= 0.6 is 0 Å². The van der Waals surface area contributed by atoms with Crippen LogP contribution in [0.5, 0.6) is 0 Å². The zero-order valence-corrected chi connectivity index (χ0v) is 13.1. The zero-order valence-electron chi connectivity index (χ0n) is 13.1. The van der Waals surface area contributed by atoms with Crippen LogP contribution in [0.1, 0.15) is 64.2 Å². The van der Waals surface area contributed by atoms with Crippen molar-refractivity contribution in [2.24, 2.45) is 11.7 Å². The Balaban J connectivity index is 1.78. The summed E-state index contributed by atoms with van der Waals surface area (Å²) in [6.07, 6.45) is 9.78. The summed E-state index contributed by atoms with van der Waals surface area (Å²) in [4.78, 5) is 23.5. The summed E-state index contributed by atoms with van der Waals surface area (Å²) in [6.45, 7) is 0. The van der Waals surface area contributed by atoms with Crippen molar-refractivity contribution in [2.75, 3.05) is 7.05 Å². The molecule has 0 radical (unpaired) electrons. The molecule has 2 aliphatic rings. The predicted molar refractivity (Wildman–Crippen MR) is 82.6 cm³/mol. The quantitative estimate of drug-likeness (QED) is 0.718. The van der Waals surface area contributed by atoms with Crippen LogP contribution in [0.15, 0.2) is 0 Å². The summed E-state index contributed by atoms with van der Waals surface area (Å²) >= 11 is 0. The van der Waals surface area contributed by atoms with E-state index in [1.165, 1.54) is 19.3 Å². The van der Waals surface area contributed by atoms with Crippen LogP contribution in [0, 0.1) is 5.92 Å². The number of carbonyl (C=O) groups excluding carboxylic acids is 2. The number of hydrogen-bond donors (Lipinski definition) is 3. The molecular formula is C16H29N3O2. The molecule has 0 spiro atoms. The predicted octanol–water partition coefficient (Wildman–Crippen LogP) is 1.46. The van der Waals surface area contributed by atoms with Crippen LogP contribution in [0.25, 0.3) is 0 Å². The van der Waals surface area contributed by atoms with Gasteiger partial charge in [-0.15, -0.1) is 0 Å². The SMILES string of the molecule is CNC1(CC(=O)NC2CCC(C(N)=O)CC2)CCCCC1. The Bertz CT molecular complexity index is 370. The Morgan fingerprint density at radius 2 is 1.71 bits per heavy atom. The first kappa shape index (κ1) is 16.3. The fraction of sp³-hybridized carbons (Fsp3) is 0.875. The Morgan fingerprint density at radius 3 is 2.24 bits per heavy atom. The van der Waals surface area contributed by atoms with E-state index in [1.54, 1.807) is 0 Å². The van der Waals surface area contributed by atoms with E-state index >= 15 is 0 Å². The lowest BCUT2D eigenvalue weighted by atomic mass is 9.79. The van der Waals surface area contributed by atoms with E-state index in [-0.39, 0.29) is 29.3 Å².